The molecule has 0 radical (unpaired) electrons. The number of aromatic nitrogens is 4. The Labute approximate surface area is 166 Å². The standard InChI is InChI=1S/C24H28N4/c1-17-22(27-13-9-12-25-18(27)2)14-20(24(3,4)5)15-23(17)28-21-11-8-7-10-19(21)16-26(28)6/h7-16H,1-6H3/q+2. The van der Waals surface area contributed by atoms with Crippen LogP contribution < -0.4 is 9.25 Å². The van der Waals surface area contributed by atoms with E-state index in [1.807, 2.05) is 19.2 Å². The van der Waals surface area contributed by atoms with Gasteiger partial charge in [0.25, 0.3) is 5.82 Å². The van der Waals surface area contributed by atoms with Crippen molar-refractivity contribution in [2.75, 3.05) is 0 Å². The molecule has 2 aromatic carbocycles. The lowest BCUT2D eigenvalue weighted by Gasteiger charge is -2.20. The Balaban J connectivity index is 2.09. The fourth-order valence-corrected chi connectivity index (χ4v) is 3.81. The number of hydrogen-bond acceptors (Lipinski definition) is 1. The highest BCUT2D eigenvalue weighted by Gasteiger charge is 2.28. The van der Waals surface area contributed by atoms with Crippen molar-refractivity contribution in [3.8, 4) is 11.4 Å². The summed E-state index contributed by atoms with van der Waals surface area (Å²) in [4.78, 5) is 4.50. The number of aryl methyl sites for hydroxylation is 2. The number of nitrogens with zero attached hydrogens (tertiary/aromatic N) is 4. The van der Waals surface area contributed by atoms with E-state index in [4.69, 9.17) is 0 Å². The van der Waals surface area contributed by atoms with Crippen LogP contribution in [0.5, 0.6) is 0 Å². The van der Waals surface area contributed by atoms with Crippen molar-refractivity contribution < 1.29 is 9.25 Å². The molecule has 0 fully saturated rings. The van der Waals surface area contributed by atoms with Crippen molar-refractivity contribution in [1.82, 2.24) is 9.67 Å². The van der Waals surface area contributed by atoms with E-state index in [2.05, 4.69) is 102 Å². The van der Waals surface area contributed by atoms with Crippen LogP contribution in [0.3, 0.4) is 0 Å². The molecule has 0 N–H and O–H groups in total. The third kappa shape index (κ3) is 2.99. The zero-order chi connectivity index (χ0) is 20.1. The summed E-state index contributed by atoms with van der Waals surface area (Å²) in [7, 11) is 2.10. The van der Waals surface area contributed by atoms with Gasteiger partial charge in [-0.25, -0.2) is 0 Å². The first-order chi connectivity index (χ1) is 13.3. The highest BCUT2D eigenvalue weighted by molar-refractivity contribution is 5.75. The van der Waals surface area contributed by atoms with Gasteiger partial charge >= 0.3 is 0 Å². The van der Waals surface area contributed by atoms with E-state index in [1.165, 1.54) is 33.4 Å². The molecule has 28 heavy (non-hydrogen) atoms. The normalized spacial score (nSPS) is 11.9. The maximum Gasteiger partial charge on any atom is 0.300 e. The smallest absolute Gasteiger partial charge is 0.200 e. The van der Waals surface area contributed by atoms with Gasteiger partial charge < -0.3 is 0 Å². The summed E-state index contributed by atoms with van der Waals surface area (Å²) >= 11 is 0. The minimum absolute atomic E-state index is 0.0371. The fourth-order valence-electron chi connectivity index (χ4n) is 3.81. The maximum atomic E-state index is 4.50. The first-order valence-corrected chi connectivity index (χ1v) is 9.73. The van der Waals surface area contributed by atoms with Gasteiger partial charge in [-0.2, -0.15) is 9.25 Å². The molecule has 4 heteroatoms. The van der Waals surface area contributed by atoms with E-state index in [-0.39, 0.29) is 5.41 Å². The molecule has 0 saturated heterocycles. The van der Waals surface area contributed by atoms with E-state index < -0.39 is 0 Å². The molecule has 142 valence electrons. The van der Waals surface area contributed by atoms with Crippen molar-refractivity contribution in [2.45, 2.75) is 40.0 Å². The predicted octanol–water partition coefficient (Wildman–Crippen LogP) is 4.04. The number of para-hydroxylation sites is 1. The molecule has 4 nitrogen and oxygen atoms in total. The Morgan fingerprint density at radius 3 is 2.39 bits per heavy atom. The predicted molar refractivity (Wildman–Crippen MR) is 112 cm³/mol. The van der Waals surface area contributed by atoms with Crippen LogP contribution >= 0.6 is 0 Å². The number of benzene rings is 2. The minimum atomic E-state index is 0.0371. The molecule has 0 spiro atoms. The van der Waals surface area contributed by atoms with Gasteiger partial charge in [0, 0.05) is 25.1 Å². The Morgan fingerprint density at radius 2 is 1.68 bits per heavy atom. The number of hydrogen-bond donors (Lipinski definition) is 0. The van der Waals surface area contributed by atoms with E-state index in [1.54, 1.807) is 0 Å². The molecule has 2 heterocycles. The van der Waals surface area contributed by atoms with Crippen molar-refractivity contribution in [3.05, 3.63) is 78.0 Å². The zero-order valence-electron chi connectivity index (χ0n) is 17.6. The average Bonchev–Trinajstić information content (AvgIpc) is 2.97. The lowest BCUT2D eigenvalue weighted by atomic mass is 9.85. The molecule has 0 atom stereocenters. The van der Waals surface area contributed by atoms with Crippen LogP contribution in [0.1, 0.15) is 37.7 Å². The van der Waals surface area contributed by atoms with Crippen molar-refractivity contribution in [1.29, 1.82) is 0 Å². The molecular formula is C24H28N4+2. The Kier molecular flexibility index (Phi) is 4.30. The van der Waals surface area contributed by atoms with E-state index in [9.17, 15) is 0 Å². The average molecular weight is 373 g/mol. The van der Waals surface area contributed by atoms with Crippen molar-refractivity contribution >= 4 is 10.9 Å². The van der Waals surface area contributed by atoms with Crippen molar-refractivity contribution in [3.63, 3.8) is 0 Å². The Bertz CT molecular complexity index is 1180. The first-order valence-electron chi connectivity index (χ1n) is 9.73. The molecular weight excluding hydrogens is 344 g/mol. The van der Waals surface area contributed by atoms with Gasteiger partial charge in [-0.1, -0.05) is 42.6 Å². The summed E-state index contributed by atoms with van der Waals surface area (Å²) in [6, 6.07) is 15.2. The summed E-state index contributed by atoms with van der Waals surface area (Å²) in [6.45, 7) is 11.0. The third-order valence-electron chi connectivity index (χ3n) is 5.44. The summed E-state index contributed by atoms with van der Waals surface area (Å²) in [5, 5.41) is 1.23. The highest BCUT2D eigenvalue weighted by Crippen LogP contribution is 2.28. The lowest BCUT2D eigenvalue weighted by molar-refractivity contribution is -0.659. The summed E-state index contributed by atoms with van der Waals surface area (Å²) in [5.74, 6) is 0.976. The molecule has 2 aromatic heterocycles. The highest BCUT2D eigenvalue weighted by atomic mass is 15.4. The van der Waals surface area contributed by atoms with Gasteiger partial charge in [-0.15, -0.1) is 0 Å². The van der Waals surface area contributed by atoms with Gasteiger partial charge in [-0.05, 0) is 30.0 Å². The van der Waals surface area contributed by atoms with E-state index >= 15 is 0 Å². The summed E-state index contributed by atoms with van der Waals surface area (Å²) in [5.41, 5.74) is 6.14. The lowest BCUT2D eigenvalue weighted by Crippen LogP contribution is -2.43. The molecule has 0 amide bonds. The first kappa shape index (κ1) is 18.4. The van der Waals surface area contributed by atoms with Gasteiger partial charge in [0.2, 0.25) is 11.2 Å². The quantitative estimate of drug-likeness (QED) is 0.488. The third-order valence-corrected chi connectivity index (χ3v) is 5.44. The largest absolute Gasteiger partial charge is 0.300 e. The second-order valence-electron chi connectivity index (χ2n) is 8.50. The second kappa shape index (κ2) is 6.55. The SMILES string of the molecule is Cc1c(-[n+]2cccnc2C)cc(C(C)(C)C)cc1-[n+]1c2ccccc2cn1C. The molecule has 0 aliphatic carbocycles. The minimum Gasteiger partial charge on any atom is -0.200 e. The second-order valence-corrected chi connectivity index (χ2v) is 8.50. The van der Waals surface area contributed by atoms with Gasteiger partial charge in [0.15, 0.2) is 0 Å². The van der Waals surface area contributed by atoms with Crippen LogP contribution in [0, 0.1) is 13.8 Å². The topological polar surface area (TPSA) is 25.6 Å². The van der Waals surface area contributed by atoms with Crippen molar-refractivity contribution in [2.24, 2.45) is 7.05 Å². The molecule has 0 aliphatic heterocycles. The van der Waals surface area contributed by atoms with E-state index in [0.29, 0.717) is 0 Å². The number of fused-ring (bicyclic) bond motifs is 1. The monoisotopic (exact) mass is 372 g/mol. The molecule has 4 rings (SSSR count). The van der Waals surface area contributed by atoms with Crippen LogP contribution in [0.25, 0.3) is 22.3 Å². The summed E-state index contributed by atoms with van der Waals surface area (Å²) < 4.78 is 6.65. The van der Waals surface area contributed by atoms with Gasteiger partial charge in [-0.3, -0.25) is 0 Å². The molecule has 0 aliphatic rings. The Morgan fingerprint density at radius 1 is 0.964 bits per heavy atom. The van der Waals surface area contributed by atoms with Gasteiger partial charge in [0.05, 0.1) is 24.2 Å². The van der Waals surface area contributed by atoms with E-state index in [0.717, 1.165) is 5.82 Å². The Hall–Kier alpha value is -3.01. The van der Waals surface area contributed by atoms with Crippen LogP contribution in [-0.4, -0.2) is 9.67 Å². The number of rotatable bonds is 2. The molecule has 0 saturated carbocycles. The van der Waals surface area contributed by atoms with Gasteiger partial charge in [0.1, 0.15) is 18.1 Å². The van der Waals surface area contributed by atoms with Crippen LogP contribution in [0.15, 0.2) is 61.1 Å². The van der Waals surface area contributed by atoms with Crippen LogP contribution in [0.4, 0.5) is 0 Å². The molecule has 0 bridgehead atoms. The zero-order valence-corrected chi connectivity index (χ0v) is 17.6. The van der Waals surface area contributed by atoms with Crippen LogP contribution in [0.2, 0.25) is 0 Å². The summed E-state index contributed by atoms with van der Waals surface area (Å²) in [6.07, 6.45) is 6.12. The maximum absolute atomic E-state index is 4.50. The van der Waals surface area contributed by atoms with Crippen LogP contribution in [-0.2, 0) is 12.5 Å². The molecule has 0 unspecified atom stereocenters. The fraction of sp³-hybridized carbons (Fsp3) is 0.292. The molecule has 4 aromatic rings.